The lowest BCUT2D eigenvalue weighted by Crippen LogP contribution is -2.39. The molecule has 0 aliphatic carbocycles. The lowest BCUT2D eigenvalue weighted by atomic mass is 10.2. The quantitative estimate of drug-likeness (QED) is 0.355. The molecule has 3 aromatic heterocycles. The van der Waals surface area contributed by atoms with Crippen molar-refractivity contribution in [3.63, 3.8) is 0 Å². The van der Waals surface area contributed by atoms with E-state index in [1.807, 2.05) is 0 Å². The van der Waals surface area contributed by atoms with Crippen LogP contribution in [0.25, 0.3) is 10.9 Å². The normalized spacial score (nSPS) is 15.4. The smallest absolute Gasteiger partial charge is 0.314 e. The molecule has 1 aliphatic heterocycles. The van der Waals surface area contributed by atoms with E-state index in [9.17, 15) is 14.0 Å². The molecule has 0 spiro atoms. The van der Waals surface area contributed by atoms with Crippen LogP contribution < -0.4 is 11.1 Å². The van der Waals surface area contributed by atoms with E-state index in [1.165, 1.54) is 23.2 Å². The van der Waals surface area contributed by atoms with Crippen LogP contribution in [-0.2, 0) is 27.4 Å². The van der Waals surface area contributed by atoms with Crippen molar-refractivity contribution in [1.82, 2.24) is 24.6 Å². The maximum atomic E-state index is 13.6. The Balaban J connectivity index is 1.40. The number of anilines is 2. The van der Waals surface area contributed by atoms with E-state index < -0.39 is 17.6 Å². The fourth-order valence-electron chi connectivity index (χ4n) is 4.28. The summed E-state index contributed by atoms with van der Waals surface area (Å²) >= 11 is 6.20. The first-order valence-electron chi connectivity index (χ1n) is 12.1. The zero-order valence-corrected chi connectivity index (χ0v) is 21.1. The summed E-state index contributed by atoms with van der Waals surface area (Å²) in [5.41, 5.74) is 7.74. The molecule has 196 valence electrons. The van der Waals surface area contributed by atoms with E-state index in [0.717, 1.165) is 25.3 Å². The number of hydrogen-bond acceptors (Lipinski definition) is 7. The van der Waals surface area contributed by atoms with Crippen LogP contribution in [0, 0.1) is 5.82 Å². The first-order chi connectivity index (χ1) is 18.4. The van der Waals surface area contributed by atoms with Gasteiger partial charge in [0.15, 0.2) is 0 Å². The van der Waals surface area contributed by atoms with Gasteiger partial charge in [0, 0.05) is 30.6 Å². The molecule has 0 radical (unpaired) electrons. The number of amides is 2. The maximum Gasteiger partial charge on any atom is 0.314 e. The number of nitrogens with zero attached hydrogens (tertiary/aromatic N) is 5. The number of nitrogen functional groups attached to an aromatic ring is 1. The van der Waals surface area contributed by atoms with Crippen molar-refractivity contribution < 1.29 is 18.7 Å². The van der Waals surface area contributed by atoms with Crippen LogP contribution >= 0.6 is 11.6 Å². The summed E-state index contributed by atoms with van der Waals surface area (Å²) in [4.78, 5) is 36.2. The summed E-state index contributed by atoms with van der Waals surface area (Å²) in [5, 5.41) is 7.88. The monoisotopic (exact) mass is 537 g/mol. The van der Waals surface area contributed by atoms with Gasteiger partial charge in [0.25, 0.3) is 0 Å². The second-order valence-corrected chi connectivity index (χ2v) is 9.33. The summed E-state index contributed by atoms with van der Waals surface area (Å²) < 4.78 is 21.0. The minimum Gasteiger partial charge on any atom is -0.383 e. The Labute approximate surface area is 222 Å². The van der Waals surface area contributed by atoms with Crippen molar-refractivity contribution >= 4 is 45.8 Å². The fourth-order valence-corrected chi connectivity index (χ4v) is 4.50. The van der Waals surface area contributed by atoms with E-state index in [1.54, 1.807) is 35.3 Å². The molecule has 2 amide bonds. The zero-order chi connectivity index (χ0) is 26.6. The number of aromatic nitrogens is 4. The number of ether oxygens (including phenoxy) is 1. The van der Waals surface area contributed by atoms with Crippen LogP contribution in [0.1, 0.15) is 36.7 Å². The number of carbonyl (C=O) groups is 2. The summed E-state index contributed by atoms with van der Waals surface area (Å²) in [6, 6.07) is 9.13. The van der Waals surface area contributed by atoms with Gasteiger partial charge in [-0.05, 0) is 49.1 Å². The van der Waals surface area contributed by atoms with Crippen molar-refractivity contribution in [2.75, 3.05) is 17.7 Å². The van der Waals surface area contributed by atoms with Gasteiger partial charge in [0.05, 0.1) is 29.5 Å². The van der Waals surface area contributed by atoms with Gasteiger partial charge >= 0.3 is 11.8 Å². The molecule has 1 saturated heterocycles. The Bertz CT molecular complexity index is 1470. The molecule has 1 unspecified atom stereocenters. The van der Waals surface area contributed by atoms with E-state index in [-0.39, 0.29) is 35.8 Å². The SMILES string of the molecule is Nc1ncc(NC(=O)C(=O)N(Cc2ccccn2)Cc2ccc(F)cc2Cl)c2nn(C3CCCCO3)cc12. The van der Waals surface area contributed by atoms with Crippen molar-refractivity contribution in [3.05, 3.63) is 77.1 Å². The number of hydrogen-bond donors (Lipinski definition) is 2. The highest BCUT2D eigenvalue weighted by atomic mass is 35.5. The number of nitrogens with two attached hydrogens (primary N) is 1. The molecule has 1 atom stereocenters. The molecule has 4 heterocycles. The van der Waals surface area contributed by atoms with Gasteiger partial charge in [-0.1, -0.05) is 23.7 Å². The molecule has 1 aliphatic rings. The van der Waals surface area contributed by atoms with Crippen LogP contribution in [-0.4, -0.2) is 43.1 Å². The third-order valence-corrected chi connectivity index (χ3v) is 6.58. The van der Waals surface area contributed by atoms with E-state index in [4.69, 9.17) is 22.1 Å². The van der Waals surface area contributed by atoms with Gasteiger partial charge in [-0.25, -0.2) is 14.1 Å². The lowest BCUT2D eigenvalue weighted by molar-refractivity contribution is -0.144. The number of fused-ring (bicyclic) bond motifs is 1. The number of carbonyl (C=O) groups excluding carboxylic acids is 2. The van der Waals surface area contributed by atoms with Crippen molar-refractivity contribution in [3.8, 4) is 0 Å². The summed E-state index contributed by atoms with van der Waals surface area (Å²) in [5.74, 6) is -2.00. The highest BCUT2D eigenvalue weighted by Gasteiger charge is 2.26. The van der Waals surface area contributed by atoms with Crippen LogP contribution in [0.4, 0.5) is 15.9 Å². The molecule has 1 fully saturated rings. The third-order valence-electron chi connectivity index (χ3n) is 6.23. The second kappa shape index (κ2) is 11.1. The Hall–Kier alpha value is -4.09. The number of benzene rings is 1. The first-order valence-corrected chi connectivity index (χ1v) is 12.5. The van der Waals surface area contributed by atoms with Gasteiger partial charge in [0.2, 0.25) is 0 Å². The Morgan fingerprint density at radius 2 is 2.08 bits per heavy atom. The molecule has 3 N–H and O–H groups in total. The van der Waals surface area contributed by atoms with Crippen LogP contribution in [0.15, 0.2) is 55.0 Å². The van der Waals surface area contributed by atoms with Crippen LogP contribution in [0.5, 0.6) is 0 Å². The molecular weight excluding hydrogens is 513 g/mol. The number of halogens is 2. The summed E-state index contributed by atoms with van der Waals surface area (Å²) in [7, 11) is 0. The van der Waals surface area contributed by atoms with E-state index >= 15 is 0 Å². The molecule has 12 heteroatoms. The predicted octanol–water partition coefficient (Wildman–Crippen LogP) is 4.07. The Morgan fingerprint density at radius 1 is 1.21 bits per heavy atom. The van der Waals surface area contributed by atoms with Crippen molar-refractivity contribution in [2.24, 2.45) is 0 Å². The summed E-state index contributed by atoms with van der Waals surface area (Å²) in [6.45, 7) is 0.631. The summed E-state index contributed by atoms with van der Waals surface area (Å²) in [6.07, 6.45) is 7.24. The number of nitrogens with one attached hydrogen (secondary N) is 1. The molecule has 1 aromatic carbocycles. The molecule has 4 aromatic rings. The number of pyridine rings is 2. The Morgan fingerprint density at radius 3 is 2.82 bits per heavy atom. The van der Waals surface area contributed by atoms with Crippen LogP contribution in [0.3, 0.4) is 0 Å². The molecule has 0 bridgehead atoms. The third kappa shape index (κ3) is 5.58. The van der Waals surface area contributed by atoms with Gasteiger partial charge in [-0.3, -0.25) is 14.6 Å². The minimum atomic E-state index is -0.907. The topological polar surface area (TPSA) is 128 Å². The molecule has 10 nitrogen and oxygen atoms in total. The van der Waals surface area contributed by atoms with Crippen molar-refractivity contribution in [1.29, 1.82) is 0 Å². The minimum absolute atomic E-state index is 0.0316. The average Bonchev–Trinajstić information content (AvgIpc) is 3.39. The maximum absolute atomic E-state index is 13.6. The van der Waals surface area contributed by atoms with Crippen molar-refractivity contribution in [2.45, 2.75) is 38.6 Å². The standard InChI is InChI=1S/C26H25ClFN7O3/c27-20-11-17(28)8-7-16(20)13-34(14-18-5-1-3-9-30-18)26(37)25(36)32-21-12-31-24(29)19-15-35(33-23(19)21)22-6-2-4-10-38-22/h1,3,5,7-9,11-12,15,22H,2,4,6,10,13-14H2,(H2,29,31)(H,32,36). The highest BCUT2D eigenvalue weighted by Crippen LogP contribution is 2.29. The van der Waals surface area contributed by atoms with E-state index in [2.05, 4.69) is 20.4 Å². The molecule has 5 rings (SSSR count). The lowest BCUT2D eigenvalue weighted by Gasteiger charge is -2.23. The first kappa shape index (κ1) is 25.6. The van der Waals surface area contributed by atoms with Gasteiger partial charge < -0.3 is 20.7 Å². The largest absolute Gasteiger partial charge is 0.383 e. The average molecular weight is 538 g/mol. The highest BCUT2D eigenvalue weighted by molar-refractivity contribution is 6.40. The Kier molecular flexibility index (Phi) is 7.47. The fraction of sp³-hybridized carbons (Fsp3) is 0.269. The van der Waals surface area contributed by atoms with Gasteiger partial charge in [0.1, 0.15) is 23.4 Å². The number of rotatable bonds is 6. The van der Waals surface area contributed by atoms with E-state index in [0.29, 0.717) is 28.8 Å². The molecule has 38 heavy (non-hydrogen) atoms. The van der Waals surface area contributed by atoms with Gasteiger partial charge in [-0.15, -0.1) is 0 Å². The zero-order valence-electron chi connectivity index (χ0n) is 20.3. The van der Waals surface area contributed by atoms with Gasteiger partial charge in [-0.2, -0.15) is 5.10 Å². The van der Waals surface area contributed by atoms with Crippen LogP contribution in [0.2, 0.25) is 5.02 Å². The molecule has 0 saturated carbocycles. The molecular formula is C26H25ClFN7O3. The second-order valence-electron chi connectivity index (χ2n) is 8.92. The predicted molar refractivity (Wildman–Crippen MR) is 139 cm³/mol.